The number of aryl methyl sites for hydroxylation is 2. The summed E-state index contributed by atoms with van der Waals surface area (Å²) in [6.07, 6.45) is 0. The Bertz CT molecular complexity index is 640. The number of anilines is 1. The van der Waals surface area contributed by atoms with Gasteiger partial charge in [0.1, 0.15) is 5.82 Å². The summed E-state index contributed by atoms with van der Waals surface area (Å²) in [5.74, 6) is -1.41. The second kappa shape index (κ2) is 5.74. The van der Waals surface area contributed by atoms with E-state index in [1.807, 2.05) is 26.0 Å². The van der Waals surface area contributed by atoms with Crippen LogP contribution in [0.1, 0.15) is 22.7 Å². The molecule has 20 heavy (non-hydrogen) atoms. The Morgan fingerprint density at radius 1 is 1.15 bits per heavy atom. The Labute approximate surface area is 117 Å². The van der Waals surface area contributed by atoms with E-state index in [1.54, 1.807) is 12.1 Å². The van der Waals surface area contributed by atoms with E-state index in [0.717, 1.165) is 11.1 Å². The van der Waals surface area contributed by atoms with Crippen molar-refractivity contribution >= 4 is 11.7 Å². The van der Waals surface area contributed by atoms with Crippen molar-refractivity contribution < 1.29 is 14.3 Å². The number of nitrogens with one attached hydrogen (secondary N) is 1. The number of carboxylic acid groups (broad SMARTS) is 1. The third-order valence-corrected chi connectivity index (χ3v) is 3.25. The third kappa shape index (κ3) is 3.15. The lowest BCUT2D eigenvalue weighted by Crippen LogP contribution is -2.20. The smallest absolute Gasteiger partial charge is 0.330 e. The molecule has 1 unspecified atom stereocenters. The maximum absolute atomic E-state index is 13.2. The molecule has 2 rings (SSSR count). The molecule has 2 aromatic rings. The first-order chi connectivity index (χ1) is 9.47. The summed E-state index contributed by atoms with van der Waals surface area (Å²) in [5.41, 5.74) is 3.21. The van der Waals surface area contributed by atoms with Gasteiger partial charge in [-0.25, -0.2) is 9.18 Å². The molecule has 104 valence electrons. The quantitative estimate of drug-likeness (QED) is 0.893. The van der Waals surface area contributed by atoms with Crippen molar-refractivity contribution in [2.45, 2.75) is 19.9 Å². The number of halogens is 1. The average molecular weight is 273 g/mol. The van der Waals surface area contributed by atoms with Crippen LogP contribution in [0.2, 0.25) is 0 Å². The first-order valence-corrected chi connectivity index (χ1v) is 6.29. The van der Waals surface area contributed by atoms with Crippen LogP contribution in [-0.4, -0.2) is 11.1 Å². The predicted molar refractivity (Wildman–Crippen MR) is 76.3 cm³/mol. The van der Waals surface area contributed by atoms with Crippen LogP contribution in [0.4, 0.5) is 10.1 Å². The van der Waals surface area contributed by atoms with Gasteiger partial charge in [0.05, 0.1) is 0 Å². The van der Waals surface area contributed by atoms with Crippen molar-refractivity contribution in [3.05, 3.63) is 65.0 Å². The largest absolute Gasteiger partial charge is 0.479 e. The van der Waals surface area contributed by atoms with Gasteiger partial charge in [0.25, 0.3) is 0 Å². The molecule has 0 aromatic heterocycles. The van der Waals surface area contributed by atoms with E-state index in [-0.39, 0.29) is 0 Å². The molecular formula is C16H16FNO2. The minimum absolute atomic E-state index is 0.403. The van der Waals surface area contributed by atoms with Gasteiger partial charge in [-0.1, -0.05) is 24.3 Å². The molecule has 4 heteroatoms. The first kappa shape index (κ1) is 14.1. The number of carbonyl (C=O) groups is 1. The van der Waals surface area contributed by atoms with Gasteiger partial charge in [0.15, 0.2) is 6.04 Å². The second-order valence-electron chi connectivity index (χ2n) is 4.77. The zero-order valence-corrected chi connectivity index (χ0v) is 11.4. The Hall–Kier alpha value is -2.36. The van der Waals surface area contributed by atoms with Crippen molar-refractivity contribution in [3.63, 3.8) is 0 Å². The lowest BCUT2D eigenvalue weighted by Gasteiger charge is -2.17. The summed E-state index contributed by atoms with van der Waals surface area (Å²) in [4.78, 5) is 11.4. The van der Waals surface area contributed by atoms with E-state index in [0.29, 0.717) is 11.3 Å². The minimum Gasteiger partial charge on any atom is -0.479 e. The summed E-state index contributed by atoms with van der Waals surface area (Å²) in [5, 5.41) is 12.2. The standard InChI is InChI=1S/C16H16FNO2/c1-10-6-7-12(8-11(10)2)15(16(19)20)18-14-5-3-4-13(17)9-14/h3-9,15,18H,1-2H3,(H,19,20). The number of aliphatic carboxylic acids is 1. The van der Waals surface area contributed by atoms with Crippen LogP contribution in [0.15, 0.2) is 42.5 Å². The summed E-state index contributed by atoms with van der Waals surface area (Å²) < 4.78 is 13.2. The third-order valence-electron chi connectivity index (χ3n) is 3.25. The number of carboxylic acids is 1. The van der Waals surface area contributed by atoms with Crippen LogP contribution in [0.25, 0.3) is 0 Å². The molecule has 0 heterocycles. The van der Waals surface area contributed by atoms with Gasteiger partial charge in [-0.3, -0.25) is 0 Å². The lowest BCUT2D eigenvalue weighted by atomic mass is 10.0. The van der Waals surface area contributed by atoms with Gasteiger partial charge >= 0.3 is 5.97 Å². The molecule has 0 amide bonds. The molecule has 1 atom stereocenters. The summed E-state index contributed by atoms with van der Waals surface area (Å²) >= 11 is 0. The van der Waals surface area contributed by atoms with Crippen molar-refractivity contribution in [3.8, 4) is 0 Å². The predicted octanol–water partition coefficient (Wildman–Crippen LogP) is 3.68. The Kier molecular flexibility index (Phi) is 4.03. The van der Waals surface area contributed by atoms with E-state index in [9.17, 15) is 14.3 Å². The van der Waals surface area contributed by atoms with Crippen LogP contribution < -0.4 is 5.32 Å². The van der Waals surface area contributed by atoms with E-state index in [4.69, 9.17) is 0 Å². The van der Waals surface area contributed by atoms with Gasteiger partial charge in [0, 0.05) is 5.69 Å². The Balaban J connectivity index is 2.32. The molecule has 0 fully saturated rings. The van der Waals surface area contributed by atoms with E-state index >= 15 is 0 Å². The second-order valence-corrected chi connectivity index (χ2v) is 4.77. The fraction of sp³-hybridized carbons (Fsp3) is 0.188. The van der Waals surface area contributed by atoms with Crippen molar-refractivity contribution in [1.82, 2.24) is 0 Å². The highest BCUT2D eigenvalue weighted by Crippen LogP contribution is 2.22. The number of benzene rings is 2. The normalized spacial score (nSPS) is 11.9. The maximum atomic E-state index is 13.2. The van der Waals surface area contributed by atoms with Gasteiger partial charge in [-0.2, -0.15) is 0 Å². The molecular weight excluding hydrogens is 257 g/mol. The Morgan fingerprint density at radius 2 is 1.90 bits per heavy atom. The highest BCUT2D eigenvalue weighted by atomic mass is 19.1. The molecule has 2 N–H and O–H groups in total. The molecule has 0 bridgehead atoms. The number of hydrogen-bond acceptors (Lipinski definition) is 2. The Morgan fingerprint density at radius 3 is 2.50 bits per heavy atom. The van der Waals surface area contributed by atoms with Crippen molar-refractivity contribution in [2.24, 2.45) is 0 Å². The highest BCUT2D eigenvalue weighted by Gasteiger charge is 2.20. The number of rotatable bonds is 4. The van der Waals surface area contributed by atoms with E-state index < -0.39 is 17.8 Å². The highest BCUT2D eigenvalue weighted by molar-refractivity contribution is 5.79. The summed E-state index contributed by atoms with van der Waals surface area (Å²) in [7, 11) is 0. The van der Waals surface area contributed by atoms with Gasteiger partial charge in [-0.15, -0.1) is 0 Å². The maximum Gasteiger partial charge on any atom is 0.330 e. The summed E-state index contributed by atoms with van der Waals surface area (Å²) in [6.45, 7) is 3.90. The fourth-order valence-corrected chi connectivity index (χ4v) is 1.98. The van der Waals surface area contributed by atoms with Crippen LogP contribution in [-0.2, 0) is 4.79 Å². The van der Waals surface area contributed by atoms with Crippen LogP contribution in [0, 0.1) is 19.7 Å². The molecule has 0 aliphatic rings. The molecule has 0 aliphatic carbocycles. The molecule has 3 nitrogen and oxygen atoms in total. The van der Waals surface area contributed by atoms with Crippen LogP contribution in [0.5, 0.6) is 0 Å². The fourth-order valence-electron chi connectivity index (χ4n) is 1.98. The van der Waals surface area contributed by atoms with Crippen molar-refractivity contribution in [1.29, 1.82) is 0 Å². The zero-order chi connectivity index (χ0) is 14.7. The van der Waals surface area contributed by atoms with Crippen LogP contribution >= 0.6 is 0 Å². The molecule has 0 saturated heterocycles. The topological polar surface area (TPSA) is 49.3 Å². The van der Waals surface area contributed by atoms with Gasteiger partial charge < -0.3 is 10.4 Å². The lowest BCUT2D eigenvalue weighted by molar-refractivity contribution is -0.138. The van der Waals surface area contributed by atoms with Crippen molar-refractivity contribution in [2.75, 3.05) is 5.32 Å². The number of hydrogen-bond donors (Lipinski definition) is 2. The van der Waals surface area contributed by atoms with E-state index in [2.05, 4.69) is 5.32 Å². The van der Waals surface area contributed by atoms with Crippen LogP contribution in [0.3, 0.4) is 0 Å². The van der Waals surface area contributed by atoms with E-state index in [1.165, 1.54) is 18.2 Å². The average Bonchev–Trinajstić information content (AvgIpc) is 2.39. The minimum atomic E-state index is -1.00. The molecule has 0 aliphatic heterocycles. The molecule has 0 saturated carbocycles. The molecule has 2 aromatic carbocycles. The summed E-state index contributed by atoms with van der Waals surface area (Å²) in [6, 6.07) is 10.4. The first-order valence-electron chi connectivity index (χ1n) is 6.29. The molecule has 0 radical (unpaired) electrons. The monoisotopic (exact) mass is 273 g/mol. The van der Waals surface area contributed by atoms with Gasteiger partial charge in [0.2, 0.25) is 0 Å². The molecule has 0 spiro atoms. The SMILES string of the molecule is Cc1ccc(C(Nc2cccc(F)c2)C(=O)O)cc1C. The van der Waals surface area contributed by atoms with Gasteiger partial charge in [-0.05, 0) is 48.7 Å². The zero-order valence-electron chi connectivity index (χ0n) is 11.4.